The molecule has 5 nitrogen and oxygen atoms in total. The smallest absolute Gasteiger partial charge is 0.339 e. The second kappa shape index (κ2) is 8.86. The van der Waals surface area contributed by atoms with Gasteiger partial charge in [0.25, 0.3) is 5.91 Å². The Labute approximate surface area is 138 Å². The molecule has 0 bridgehead atoms. The third-order valence-corrected chi connectivity index (χ3v) is 3.53. The SMILES string of the molecule is CCCN(CCC)C(=O)COc1ccc(I)cc1C(=O)O. The van der Waals surface area contributed by atoms with Crippen LogP contribution in [0.15, 0.2) is 18.2 Å². The molecule has 0 unspecified atom stereocenters. The summed E-state index contributed by atoms with van der Waals surface area (Å²) in [6.45, 7) is 5.26. The summed E-state index contributed by atoms with van der Waals surface area (Å²) in [5, 5.41) is 9.15. The van der Waals surface area contributed by atoms with Gasteiger partial charge in [-0.15, -0.1) is 0 Å². The van der Waals surface area contributed by atoms with Crippen LogP contribution in [0.3, 0.4) is 0 Å². The van der Waals surface area contributed by atoms with Gasteiger partial charge in [-0.05, 0) is 53.6 Å². The van der Waals surface area contributed by atoms with Crippen LogP contribution in [0.1, 0.15) is 37.0 Å². The number of aromatic carboxylic acids is 1. The molecule has 0 spiro atoms. The molecule has 0 aliphatic heterocycles. The summed E-state index contributed by atoms with van der Waals surface area (Å²) in [6.07, 6.45) is 1.77. The summed E-state index contributed by atoms with van der Waals surface area (Å²) in [7, 11) is 0. The normalized spacial score (nSPS) is 10.2. The molecule has 1 aromatic carbocycles. The fourth-order valence-electron chi connectivity index (χ4n) is 1.93. The van der Waals surface area contributed by atoms with Crippen molar-refractivity contribution in [2.45, 2.75) is 26.7 Å². The molecule has 0 aliphatic carbocycles. The number of hydrogen-bond acceptors (Lipinski definition) is 3. The lowest BCUT2D eigenvalue weighted by Crippen LogP contribution is -2.36. The average molecular weight is 405 g/mol. The highest BCUT2D eigenvalue weighted by Crippen LogP contribution is 2.21. The quantitative estimate of drug-likeness (QED) is 0.676. The van der Waals surface area contributed by atoms with Gasteiger partial charge >= 0.3 is 5.97 Å². The van der Waals surface area contributed by atoms with Crippen molar-refractivity contribution in [2.75, 3.05) is 19.7 Å². The summed E-state index contributed by atoms with van der Waals surface area (Å²) >= 11 is 2.04. The number of carbonyl (C=O) groups excluding carboxylic acids is 1. The lowest BCUT2D eigenvalue weighted by atomic mass is 10.2. The van der Waals surface area contributed by atoms with Crippen molar-refractivity contribution in [3.63, 3.8) is 0 Å². The summed E-state index contributed by atoms with van der Waals surface area (Å²) in [5.74, 6) is -0.951. The first-order valence-electron chi connectivity index (χ1n) is 6.93. The van der Waals surface area contributed by atoms with Crippen LogP contribution in [0.2, 0.25) is 0 Å². The molecule has 1 amide bonds. The van der Waals surface area contributed by atoms with E-state index in [2.05, 4.69) is 0 Å². The van der Waals surface area contributed by atoms with Gasteiger partial charge in [-0.1, -0.05) is 13.8 Å². The van der Waals surface area contributed by atoms with E-state index in [1.807, 2.05) is 36.4 Å². The molecule has 1 N–H and O–H groups in total. The predicted molar refractivity (Wildman–Crippen MR) is 88.8 cm³/mol. The van der Waals surface area contributed by atoms with Crippen LogP contribution in [-0.4, -0.2) is 41.6 Å². The summed E-state index contributed by atoms with van der Waals surface area (Å²) in [6, 6.07) is 4.86. The van der Waals surface area contributed by atoms with E-state index in [0.29, 0.717) is 13.1 Å². The van der Waals surface area contributed by atoms with E-state index in [-0.39, 0.29) is 23.8 Å². The zero-order valence-corrected chi connectivity index (χ0v) is 14.4. The topological polar surface area (TPSA) is 66.8 Å². The zero-order valence-electron chi connectivity index (χ0n) is 12.3. The number of amides is 1. The highest BCUT2D eigenvalue weighted by atomic mass is 127. The molecule has 0 fully saturated rings. The number of nitrogens with zero attached hydrogens (tertiary/aromatic N) is 1. The standard InChI is InChI=1S/C15H20INO4/c1-3-7-17(8-4-2)14(18)10-21-13-6-5-11(16)9-12(13)15(19)20/h5-6,9H,3-4,7-8,10H2,1-2H3,(H,19,20). The minimum absolute atomic E-state index is 0.0761. The number of carboxylic acid groups (broad SMARTS) is 1. The van der Waals surface area contributed by atoms with E-state index in [0.717, 1.165) is 16.4 Å². The van der Waals surface area contributed by atoms with Crippen molar-refractivity contribution in [3.05, 3.63) is 27.3 Å². The third kappa shape index (κ3) is 5.53. The number of hydrogen-bond donors (Lipinski definition) is 1. The van der Waals surface area contributed by atoms with E-state index in [1.54, 1.807) is 17.0 Å². The van der Waals surface area contributed by atoms with Crippen LogP contribution < -0.4 is 4.74 Å². The number of carbonyl (C=O) groups is 2. The maximum atomic E-state index is 12.1. The molecule has 0 saturated carbocycles. The molecule has 0 heterocycles. The maximum Gasteiger partial charge on any atom is 0.339 e. The van der Waals surface area contributed by atoms with E-state index in [9.17, 15) is 9.59 Å². The average Bonchev–Trinajstić information content (AvgIpc) is 2.45. The lowest BCUT2D eigenvalue weighted by molar-refractivity contribution is -0.133. The number of benzene rings is 1. The van der Waals surface area contributed by atoms with E-state index >= 15 is 0 Å². The number of ether oxygens (including phenoxy) is 1. The van der Waals surface area contributed by atoms with Crippen LogP contribution in [0.25, 0.3) is 0 Å². The molecule has 6 heteroatoms. The molecule has 0 atom stereocenters. The Morgan fingerprint density at radius 2 is 1.86 bits per heavy atom. The molecular weight excluding hydrogens is 385 g/mol. The number of halogens is 1. The van der Waals surface area contributed by atoms with Gasteiger partial charge in [0.15, 0.2) is 6.61 Å². The molecule has 0 saturated heterocycles. The molecular formula is C15H20INO4. The van der Waals surface area contributed by atoms with Crippen molar-refractivity contribution < 1.29 is 19.4 Å². The maximum absolute atomic E-state index is 12.1. The van der Waals surface area contributed by atoms with Gasteiger partial charge in [0.05, 0.1) is 0 Å². The number of carboxylic acids is 1. The Morgan fingerprint density at radius 1 is 1.24 bits per heavy atom. The Kier molecular flexibility index (Phi) is 7.49. The first-order valence-corrected chi connectivity index (χ1v) is 8.00. The van der Waals surface area contributed by atoms with Gasteiger partial charge in [0.1, 0.15) is 11.3 Å². The van der Waals surface area contributed by atoms with Crippen LogP contribution in [0.4, 0.5) is 0 Å². The largest absolute Gasteiger partial charge is 0.483 e. The van der Waals surface area contributed by atoms with Crippen molar-refractivity contribution in [1.82, 2.24) is 4.90 Å². The first-order chi connectivity index (χ1) is 9.99. The van der Waals surface area contributed by atoms with Gasteiger partial charge < -0.3 is 14.7 Å². The lowest BCUT2D eigenvalue weighted by Gasteiger charge is -2.21. The Morgan fingerprint density at radius 3 is 2.38 bits per heavy atom. The van der Waals surface area contributed by atoms with Crippen LogP contribution in [0.5, 0.6) is 5.75 Å². The highest BCUT2D eigenvalue weighted by Gasteiger charge is 2.16. The molecule has 1 rings (SSSR count). The third-order valence-electron chi connectivity index (χ3n) is 2.86. The van der Waals surface area contributed by atoms with Gasteiger partial charge in [-0.3, -0.25) is 4.79 Å². The van der Waals surface area contributed by atoms with E-state index < -0.39 is 5.97 Å². The summed E-state index contributed by atoms with van der Waals surface area (Å²) < 4.78 is 6.22. The molecule has 0 aromatic heterocycles. The summed E-state index contributed by atoms with van der Waals surface area (Å²) in [5.41, 5.74) is 0.0761. The second-order valence-electron chi connectivity index (χ2n) is 4.62. The molecule has 0 radical (unpaired) electrons. The van der Waals surface area contributed by atoms with Crippen LogP contribution >= 0.6 is 22.6 Å². The molecule has 116 valence electrons. The van der Waals surface area contributed by atoms with Gasteiger partial charge in [0.2, 0.25) is 0 Å². The van der Waals surface area contributed by atoms with Crippen LogP contribution in [-0.2, 0) is 4.79 Å². The summed E-state index contributed by atoms with van der Waals surface area (Å²) in [4.78, 5) is 25.0. The van der Waals surface area contributed by atoms with Crippen molar-refractivity contribution in [2.24, 2.45) is 0 Å². The van der Waals surface area contributed by atoms with E-state index in [4.69, 9.17) is 9.84 Å². The second-order valence-corrected chi connectivity index (χ2v) is 5.86. The van der Waals surface area contributed by atoms with Crippen molar-refractivity contribution in [3.8, 4) is 5.75 Å². The van der Waals surface area contributed by atoms with Gasteiger partial charge in [-0.2, -0.15) is 0 Å². The van der Waals surface area contributed by atoms with E-state index in [1.165, 1.54) is 6.07 Å². The van der Waals surface area contributed by atoms with Crippen molar-refractivity contribution >= 4 is 34.5 Å². The fraction of sp³-hybridized carbons (Fsp3) is 0.467. The minimum atomic E-state index is -1.06. The minimum Gasteiger partial charge on any atom is -0.483 e. The zero-order chi connectivity index (χ0) is 15.8. The monoisotopic (exact) mass is 405 g/mol. The predicted octanol–water partition coefficient (Wildman–Crippen LogP) is 3.02. The first kappa shape index (κ1) is 17.7. The van der Waals surface area contributed by atoms with Crippen LogP contribution in [0, 0.1) is 3.57 Å². The fourth-order valence-corrected chi connectivity index (χ4v) is 2.42. The Hall–Kier alpha value is -1.31. The molecule has 1 aromatic rings. The van der Waals surface area contributed by atoms with Gasteiger partial charge in [0, 0.05) is 16.7 Å². The van der Waals surface area contributed by atoms with Gasteiger partial charge in [-0.25, -0.2) is 4.79 Å². The molecule has 21 heavy (non-hydrogen) atoms. The Bertz CT molecular complexity index is 498. The number of rotatable bonds is 8. The molecule has 0 aliphatic rings. The Balaban J connectivity index is 2.74. The van der Waals surface area contributed by atoms with Crippen molar-refractivity contribution in [1.29, 1.82) is 0 Å². The highest BCUT2D eigenvalue weighted by molar-refractivity contribution is 14.1.